The van der Waals surface area contributed by atoms with Gasteiger partial charge in [0.25, 0.3) is 0 Å². The van der Waals surface area contributed by atoms with Crippen molar-refractivity contribution in [1.29, 1.82) is 0 Å². The van der Waals surface area contributed by atoms with Gasteiger partial charge in [0.15, 0.2) is 0 Å². The number of ether oxygens (including phenoxy) is 1. The monoisotopic (exact) mass is 321 g/mol. The van der Waals surface area contributed by atoms with E-state index in [1.54, 1.807) is 20.8 Å². The Balaban J connectivity index is 2.17. The van der Waals surface area contributed by atoms with Gasteiger partial charge in [0.2, 0.25) is 0 Å². The molecular formula is C17H23NO5. The average Bonchev–Trinajstić information content (AvgIpc) is 2.76. The first-order valence-electron chi connectivity index (χ1n) is 7.58. The third kappa shape index (κ3) is 4.45. The maximum absolute atomic E-state index is 12.2. The van der Waals surface area contributed by atoms with Crippen molar-refractivity contribution < 1.29 is 24.5 Å². The zero-order chi connectivity index (χ0) is 17.3. The first-order valence-corrected chi connectivity index (χ1v) is 7.58. The van der Waals surface area contributed by atoms with Crippen LogP contribution in [0.5, 0.6) is 0 Å². The largest absolute Gasteiger partial charge is 0.480 e. The Morgan fingerprint density at radius 2 is 1.91 bits per heavy atom. The summed E-state index contributed by atoms with van der Waals surface area (Å²) in [4.78, 5) is 24.8. The lowest BCUT2D eigenvalue weighted by atomic mass is 9.92. The number of hydrogen-bond acceptors (Lipinski definition) is 4. The molecule has 0 radical (unpaired) electrons. The predicted molar refractivity (Wildman–Crippen MR) is 84.1 cm³/mol. The van der Waals surface area contributed by atoms with Gasteiger partial charge >= 0.3 is 12.1 Å². The standard InChI is InChI=1S/C17H23NO5/c1-16(2,3)23-15(21)18-11-17(22,10-13(18)14(19)20)9-12-7-5-4-6-8-12/h4-8,13,22H,9-11H2,1-3H3,(H,19,20)/t13-,17?/m1/s1. The normalized spacial score (nSPS) is 24.5. The van der Waals surface area contributed by atoms with Crippen molar-refractivity contribution in [2.45, 2.75) is 50.9 Å². The van der Waals surface area contributed by atoms with Crippen molar-refractivity contribution in [2.24, 2.45) is 0 Å². The molecule has 0 spiro atoms. The maximum Gasteiger partial charge on any atom is 0.411 e. The second kappa shape index (κ2) is 6.20. The third-order valence-electron chi connectivity index (χ3n) is 3.70. The molecular weight excluding hydrogens is 298 g/mol. The van der Waals surface area contributed by atoms with E-state index >= 15 is 0 Å². The number of likely N-dealkylation sites (tertiary alicyclic amines) is 1. The molecule has 1 aromatic rings. The first-order chi connectivity index (χ1) is 10.6. The number of hydrogen-bond donors (Lipinski definition) is 2. The molecule has 1 aliphatic rings. The van der Waals surface area contributed by atoms with Gasteiger partial charge in [-0.15, -0.1) is 0 Å². The summed E-state index contributed by atoms with van der Waals surface area (Å²) in [5.41, 5.74) is -1.10. The van der Waals surface area contributed by atoms with Crippen LogP contribution in [-0.2, 0) is 16.0 Å². The van der Waals surface area contributed by atoms with Crippen molar-refractivity contribution in [3.05, 3.63) is 35.9 Å². The Labute approximate surface area is 135 Å². The number of rotatable bonds is 3. The van der Waals surface area contributed by atoms with Crippen molar-refractivity contribution in [1.82, 2.24) is 4.90 Å². The molecule has 2 N–H and O–H groups in total. The Morgan fingerprint density at radius 1 is 1.30 bits per heavy atom. The van der Waals surface area contributed by atoms with Crippen LogP contribution in [0.4, 0.5) is 4.79 Å². The minimum Gasteiger partial charge on any atom is -0.480 e. The number of benzene rings is 1. The molecule has 2 atom stereocenters. The smallest absolute Gasteiger partial charge is 0.411 e. The van der Waals surface area contributed by atoms with Gasteiger partial charge in [0, 0.05) is 12.8 Å². The summed E-state index contributed by atoms with van der Waals surface area (Å²) >= 11 is 0. The number of amides is 1. The highest BCUT2D eigenvalue weighted by Crippen LogP contribution is 2.31. The van der Waals surface area contributed by atoms with E-state index in [1.807, 2.05) is 30.3 Å². The fraction of sp³-hybridized carbons (Fsp3) is 0.529. The molecule has 6 nitrogen and oxygen atoms in total. The van der Waals surface area contributed by atoms with Crippen LogP contribution in [0.25, 0.3) is 0 Å². The molecule has 1 saturated heterocycles. The van der Waals surface area contributed by atoms with E-state index in [9.17, 15) is 19.8 Å². The predicted octanol–water partition coefficient (Wildman–Crippen LogP) is 2.05. The zero-order valence-electron chi connectivity index (χ0n) is 13.7. The van der Waals surface area contributed by atoms with Gasteiger partial charge in [-0.2, -0.15) is 0 Å². The summed E-state index contributed by atoms with van der Waals surface area (Å²) in [6.45, 7) is 5.08. The van der Waals surface area contributed by atoms with E-state index < -0.39 is 29.3 Å². The number of aliphatic hydroxyl groups is 1. The quantitative estimate of drug-likeness (QED) is 0.890. The highest BCUT2D eigenvalue weighted by molar-refractivity contribution is 5.81. The van der Waals surface area contributed by atoms with Gasteiger partial charge in [-0.1, -0.05) is 30.3 Å². The van der Waals surface area contributed by atoms with Crippen LogP contribution < -0.4 is 0 Å². The van der Waals surface area contributed by atoms with Crippen LogP contribution in [0, 0.1) is 0 Å². The number of aliphatic carboxylic acids is 1. The summed E-state index contributed by atoms with van der Waals surface area (Å²) in [5.74, 6) is -1.14. The lowest BCUT2D eigenvalue weighted by Gasteiger charge is -2.27. The van der Waals surface area contributed by atoms with Crippen LogP contribution in [0.1, 0.15) is 32.8 Å². The molecule has 1 aromatic carbocycles. The lowest BCUT2D eigenvalue weighted by molar-refractivity contribution is -0.142. The molecule has 0 aromatic heterocycles. The number of β-amino-alcohol motifs (C(OH)–C–C–N with tert-alkyl or cyclic N) is 1. The minimum absolute atomic E-state index is 0.0174. The van der Waals surface area contributed by atoms with Gasteiger partial charge in [-0.3, -0.25) is 4.90 Å². The number of carbonyl (C=O) groups is 2. The molecule has 126 valence electrons. The zero-order valence-corrected chi connectivity index (χ0v) is 13.7. The van der Waals surface area contributed by atoms with E-state index in [0.717, 1.165) is 10.5 Å². The Morgan fingerprint density at radius 3 is 2.43 bits per heavy atom. The summed E-state index contributed by atoms with van der Waals surface area (Å²) < 4.78 is 5.26. The Bertz CT molecular complexity index is 580. The number of carboxylic acid groups (broad SMARTS) is 1. The van der Waals surface area contributed by atoms with Gasteiger partial charge in [0.05, 0.1) is 12.1 Å². The summed E-state index contributed by atoms with van der Waals surface area (Å²) in [7, 11) is 0. The van der Waals surface area contributed by atoms with Crippen LogP contribution >= 0.6 is 0 Å². The Kier molecular flexibility index (Phi) is 4.66. The minimum atomic E-state index is -1.28. The van der Waals surface area contributed by atoms with Crippen LogP contribution in [0.2, 0.25) is 0 Å². The molecule has 1 fully saturated rings. The highest BCUT2D eigenvalue weighted by Gasteiger charge is 2.49. The van der Waals surface area contributed by atoms with Crippen LogP contribution in [0.3, 0.4) is 0 Å². The first kappa shape index (κ1) is 17.3. The fourth-order valence-corrected chi connectivity index (χ4v) is 2.80. The molecule has 6 heteroatoms. The molecule has 1 heterocycles. The average molecular weight is 321 g/mol. The van der Waals surface area contributed by atoms with Gasteiger partial charge in [-0.25, -0.2) is 9.59 Å². The highest BCUT2D eigenvalue weighted by atomic mass is 16.6. The second-order valence-electron chi connectivity index (χ2n) is 7.05. The Hall–Kier alpha value is -2.08. The molecule has 23 heavy (non-hydrogen) atoms. The van der Waals surface area contributed by atoms with Gasteiger partial charge < -0.3 is 14.9 Å². The molecule has 1 amide bonds. The number of carboxylic acids is 1. The van der Waals surface area contributed by atoms with E-state index in [1.165, 1.54) is 0 Å². The van der Waals surface area contributed by atoms with Crippen molar-refractivity contribution in [2.75, 3.05) is 6.54 Å². The number of nitrogens with zero attached hydrogens (tertiary/aromatic N) is 1. The molecule has 0 bridgehead atoms. The fourth-order valence-electron chi connectivity index (χ4n) is 2.80. The third-order valence-corrected chi connectivity index (χ3v) is 3.70. The molecule has 0 saturated carbocycles. The van der Waals surface area contributed by atoms with Crippen molar-refractivity contribution in [3.63, 3.8) is 0 Å². The lowest BCUT2D eigenvalue weighted by Crippen LogP contribution is -2.44. The molecule has 1 aliphatic heterocycles. The van der Waals surface area contributed by atoms with E-state index in [-0.39, 0.29) is 19.4 Å². The van der Waals surface area contributed by atoms with Crippen LogP contribution in [-0.4, -0.2) is 51.0 Å². The van der Waals surface area contributed by atoms with Gasteiger partial charge in [0.1, 0.15) is 11.6 Å². The summed E-state index contributed by atoms with van der Waals surface area (Å²) in [6.07, 6.45) is -0.443. The van der Waals surface area contributed by atoms with Crippen molar-refractivity contribution >= 4 is 12.1 Å². The van der Waals surface area contributed by atoms with E-state index in [0.29, 0.717) is 0 Å². The molecule has 1 unspecified atom stereocenters. The van der Waals surface area contributed by atoms with Crippen LogP contribution in [0.15, 0.2) is 30.3 Å². The van der Waals surface area contributed by atoms with E-state index in [2.05, 4.69) is 0 Å². The maximum atomic E-state index is 12.2. The van der Waals surface area contributed by atoms with Crippen molar-refractivity contribution in [3.8, 4) is 0 Å². The molecule has 2 rings (SSSR count). The van der Waals surface area contributed by atoms with E-state index in [4.69, 9.17) is 4.74 Å². The summed E-state index contributed by atoms with van der Waals surface area (Å²) in [5, 5.41) is 20.1. The topological polar surface area (TPSA) is 87.1 Å². The van der Waals surface area contributed by atoms with Gasteiger partial charge in [-0.05, 0) is 26.3 Å². The molecule has 0 aliphatic carbocycles. The SMILES string of the molecule is CC(C)(C)OC(=O)N1CC(O)(Cc2ccccc2)C[C@@H]1C(=O)O. The summed E-state index contributed by atoms with van der Waals surface area (Å²) in [6, 6.07) is 8.23. The second-order valence-corrected chi connectivity index (χ2v) is 7.05. The number of carbonyl (C=O) groups excluding carboxylic acids is 1.